The molecule has 0 spiro atoms. The summed E-state index contributed by atoms with van der Waals surface area (Å²) in [6.45, 7) is 13.9. The van der Waals surface area contributed by atoms with Gasteiger partial charge in [0.05, 0.1) is 0 Å². The molecule has 0 bridgehead atoms. The van der Waals surface area contributed by atoms with Gasteiger partial charge in [-0.1, -0.05) is 52.3 Å². The summed E-state index contributed by atoms with van der Waals surface area (Å²) in [5.74, 6) is 0.141. The van der Waals surface area contributed by atoms with Crippen LogP contribution in [0.1, 0.15) is 51.3 Å². The van der Waals surface area contributed by atoms with E-state index in [-0.39, 0.29) is 26.3 Å². The minimum atomic E-state index is 0. The summed E-state index contributed by atoms with van der Waals surface area (Å²) in [4.78, 5) is 0. The molecule has 0 aliphatic heterocycles. The predicted molar refractivity (Wildman–Crippen MR) is 75.5 cm³/mol. The monoisotopic (exact) mass is 424 g/mol. The Balaban J connectivity index is -0.000000409. The number of nitrogens with two attached hydrogens (primary N) is 1. The summed E-state index contributed by atoms with van der Waals surface area (Å²) >= 11 is 0. The quantitative estimate of drug-likeness (QED) is 0.251. The minimum Gasteiger partial charge on any atom is -0.409 e. The van der Waals surface area contributed by atoms with E-state index in [1.54, 1.807) is 0 Å². The van der Waals surface area contributed by atoms with E-state index in [0.29, 0.717) is 0 Å². The second-order valence-electron chi connectivity index (χ2n) is 2.78. The van der Waals surface area contributed by atoms with E-state index in [4.69, 9.17) is 10.9 Å². The fraction of sp³-hybridized carbons (Fsp3) is 0.429. The van der Waals surface area contributed by atoms with Crippen molar-refractivity contribution in [3.63, 3.8) is 0 Å². The van der Waals surface area contributed by atoms with Crippen molar-refractivity contribution < 1.29 is 25.6 Å². The van der Waals surface area contributed by atoms with E-state index in [2.05, 4.69) is 12.1 Å². The summed E-state index contributed by atoms with van der Waals surface area (Å²) in [7, 11) is 0. The Kier molecular flexibility index (Phi) is 17.4. The Hall–Kier alpha value is -0.978. The van der Waals surface area contributed by atoms with Gasteiger partial charge in [0.1, 0.15) is 0 Å². The maximum Gasteiger partial charge on any atom is 0.158 e. The maximum atomic E-state index is 8.54. The number of hydrogen-bond donors (Lipinski definition) is 2. The van der Waals surface area contributed by atoms with Gasteiger partial charge < -0.3 is 10.9 Å². The third-order valence-corrected chi connectivity index (χ3v) is 2.01. The first-order chi connectivity index (χ1) is 8.20. The number of benzene rings is 1. The van der Waals surface area contributed by atoms with Gasteiger partial charge in [0.25, 0.3) is 0 Å². The van der Waals surface area contributed by atoms with Gasteiger partial charge in [-0.3, -0.25) is 0 Å². The van der Waals surface area contributed by atoms with Crippen molar-refractivity contribution in [2.45, 2.75) is 41.0 Å². The van der Waals surface area contributed by atoms with Crippen molar-refractivity contribution >= 4 is 5.84 Å². The molecule has 0 amide bonds. The molecule has 1 aromatic rings. The molecule has 1 radical (unpaired) electrons. The minimum absolute atomic E-state index is 0. The molecule has 1 rings (SSSR count). The van der Waals surface area contributed by atoms with Crippen LogP contribution >= 0.6 is 0 Å². The van der Waals surface area contributed by atoms with Crippen molar-refractivity contribution in [1.29, 1.82) is 0 Å². The SMILES string of the molecule is CC.CC.[CH2-]c1cccc(/C(N)=N\O)c1CC.[Re]. The van der Waals surface area contributed by atoms with Crippen LogP contribution in [0.4, 0.5) is 0 Å². The largest absolute Gasteiger partial charge is 0.409 e. The summed E-state index contributed by atoms with van der Waals surface area (Å²) < 4.78 is 0. The molecule has 0 saturated carbocycles. The molecule has 105 valence electrons. The predicted octanol–water partition coefficient (Wildman–Crippen LogP) is 3.58. The second kappa shape index (κ2) is 14.1. The number of rotatable bonds is 2. The second-order valence-corrected chi connectivity index (χ2v) is 2.78. The van der Waals surface area contributed by atoms with Gasteiger partial charge in [-0.05, 0) is 5.56 Å². The smallest absolute Gasteiger partial charge is 0.158 e. The van der Waals surface area contributed by atoms with Gasteiger partial charge in [-0.25, -0.2) is 0 Å². The molecule has 0 aromatic heterocycles. The molecule has 0 atom stereocenters. The van der Waals surface area contributed by atoms with E-state index in [0.717, 1.165) is 23.1 Å². The molecular formula is C14H25N2ORe-. The van der Waals surface area contributed by atoms with Gasteiger partial charge in [-0.15, -0.1) is 11.6 Å². The van der Waals surface area contributed by atoms with Gasteiger partial charge in [0.15, 0.2) is 5.84 Å². The molecule has 0 unspecified atom stereocenters. The van der Waals surface area contributed by atoms with E-state index < -0.39 is 0 Å². The van der Waals surface area contributed by atoms with Crippen molar-refractivity contribution in [2.24, 2.45) is 10.9 Å². The molecule has 0 aliphatic rings. The maximum absolute atomic E-state index is 8.54. The summed E-state index contributed by atoms with van der Waals surface area (Å²) in [5, 5.41) is 11.5. The Morgan fingerprint density at radius 1 is 1.28 bits per heavy atom. The Labute approximate surface area is 125 Å². The number of amidine groups is 1. The summed E-state index contributed by atoms with van der Waals surface area (Å²) in [5.41, 5.74) is 8.22. The zero-order chi connectivity index (χ0) is 13.8. The average Bonchev–Trinajstić information content (AvgIpc) is 2.42. The van der Waals surface area contributed by atoms with Crippen LogP contribution in [0.25, 0.3) is 0 Å². The zero-order valence-corrected chi connectivity index (χ0v) is 14.7. The first-order valence-corrected chi connectivity index (χ1v) is 6.12. The summed E-state index contributed by atoms with van der Waals surface area (Å²) in [6.07, 6.45) is 0.825. The molecule has 0 heterocycles. The van der Waals surface area contributed by atoms with Crippen LogP contribution in [0.3, 0.4) is 0 Å². The molecule has 0 saturated heterocycles. The van der Waals surface area contributed by atoms with Crippen LogP contribution in [0.2, 0.25) is 0 Å². The molecule has 3 nitrogen and oxygen atoms in total. The topological polar surface area (TPSA) is 58.6 Å². The molecule has 3 N–H and O–H groups in total. The molecule has 1 aromatic carbocycles. The normalized spacial score (nSPS) is 9.06. The van der Waals surface area contributed by atoms with Crippen molar-refractivity contribution in [2.75, 3.05) is 0 Å². The van der Waals surface area contributed by atoms with Gasteiger partial charge in [0.2, 0.25) is 0 Å². The summed E-state index contributed by atoms with van der Waals surface area (Å²) in [6, 6.07) is 5.57. The van der Waals surface area contributed by atoms with Crippen molar-refractivity contribution in [3.05, 3.63) is 41.8 Å². The van der Waals surface area contributed by atoms with Crippen molar-refractivity contribution in [3.8, 4) is 0 Å². The number of nitrogens with zero attached hydrogens (tertiary/aromatic N) is 1. The average molecular weight is 424 g/mol. The van der Waals surface area contributed by atoms with Crippen LogP contribution in [0, 0.1) is 6.92 Å². The molecule has 0 fully saturated rings. The van der Waals surface area contributed by atoms with Crippen LogP contribution in [0.5, 0.6) is 0 Å². The Bertz CT molecular complexity index is 339. The van der Waals surface area contributed by atoms with Gasteiger partial charge >= 0.3 is 0 Å². The van der Waals surface area contributed by atoms with E-state index in [1.807, 2.05) is 52.8 Å². The van der Waals surface area contributed by atoms with Crippen LogP contribution in [0.15, 0.2) is 23.4 Å². The fourth-order valence-electron chi connectivity index (χ4n) is 1.35. The van der Waals surface area contributed by atoms with E-state index in [9.17, 15) is 0 Å². The third-order valence-electron chi connectivity index (χ3n) is 2.01. The number of hydrogen-bond acceptors (Lipinski definition) is 2. The Morgan fingerprint density at radius 2 is 1.78 bits per heavy atom. The van der Waals surface area contributed by atoms with Gasteiger partial charge in [0, 0.05) is 20.4 Å². The molecular weight excluding hydrogens is 398 g/mol. The van der Waals surface area contributed by atoms with E-state index in [1.165, 1.54) is 0 Å². The van der Waals surface area contributed by atoms with Gasteiger partial charge in [-0.2, -0.15) is 18.6 Å². The Morgan fingerprint density at radius 3 is 2.17 bits per heavy atom. The van der Waals surface area contributed by atoms with Crippen LogP contribution in [-0.4, -0.2) is 11.0 Å². The zero-order valence-electron chi connectivity index (χ0n) is 12.0. The number of oxime groups is 1. The molecule has 4 heteroatoms. The van der Waals surface area contributed by atoms with Crippen molar-refractivity contribution in [1.82, 2.24) is 0 Å². The first kappa shape index (κ1) is 22.2. The third kappa shape index (κ3) is 6.68. The van der Waals surface area contributed by atoms with E-state index >= 15 is 0 Å². The molecule has 18 heavy (non-hydrogen) atoms. The molecule has 0 aliphatic carbocycles. The first-order valence-electron chi connectivity index (χ1n) is 6.12. The standard InChI is InChI=1S/C10H13N2O.2C2H6.Re/c1-3-8-7(2)5-4-6-9(8)10(11)12-13;2*1-2;/h4-6,13H,2-3H2,1H3,(H2,11,12);2*1-2H3;/q-1;;;. The van der Waals surface area contributed by atoms with Crippen LogP contribution < -0.4 is 5.73 Å². The van der Waals surface area contributed by atoms with Crippen LogP contribution in [-0.2, 0) is 26.8 Å². The fourth-order valence-corrected chi connectivity index (χ4v) is 1.35.